The predicted molar refractivity (Wildman–Crippen MR) is 142 cm³/mol. The number of nitrogens with one attached hydrogen (secondary N) is 1. The fraction of sp³-hybridized carbons (Fsp3) is 0.154. The van der Waals surface area contributed by atoms with E-state index >= 15 is 0 Å². The number of benzene rings is 2. The summed E-state index contributed by atoms with van der Waals surface area (Å²) < 4.78 is 16.6. The summed E-state index contributed by atoms with van der Waals surface area (Å²) in [6, 6.07) is 13.5. The molecule has 2 aromatic carbocycles. The predicted octanol–water partition coefficient (Wildman–Crippen LogP) is 5.74. The highest BCUT2D eigenvalue weighted by Crippen LogP contribution is 2.38. The fourth-order valence-electron chi connectivity index (χ4n) is 3.53. The first-order chi connectivity index (χ1) is 17.8. The molecule has 190 valence electrons. The van der Waals surface area contributed by atoms with E-state index in [2.05, 4.69) is 15.3 Å². The Morgan fingerprint density at radius 2 is 1.68 bits per heavy atom. The van der Waals surface area contributed by atoms with Crippen molar-refractivity contribution in [2.24, 2.45) is 0 Å². The molecule has 2 heterocycles. The zero-order valence-corrected chi connectivity index (χ0v) is 21.6. The van der Waals surface area contributed by atoms with Crippen molar-refractivity contribution >= 4 is 57.3 Å². The highest BCUT2D eigenvalue weighted by molar-refractivity contribution is 6.34. The minimum atomic E-state index is -0.531. The number of rotatable bonds is 8. The van der Waals surface area contributed by atoms with Crippen molar-refractivity contribution in [3.63, 3.8) is 0 Å². The van der Waals surface area contributed by atoms with Crippen molar-refractivity contribution in [1.82, 2.24) is 9.97 Å². The minimum Gasteiger partial charge on any atom is -0.493 e. The number of carbonyl (C=O) groups excluding carboxylic acids is 2. The number of hydrogen-bond acceptors (Lipinski definition) is 7. The third kappa shape index (κ3) is 5.84. The molecule has 2 aromatic heterocycles. The van der Waals surface area contributed by atoms with E-state index in [1.807, 2.05) is 0 Å². The van der Waals surface area contributed by atoms with E-state index in [1.54, 1.807) is 62.8 Å². The minimum absolute atomic E-state index is 0.122. The molecule has 0 atom stereocenters. The number of carbonyl (C=O) groups is 2. The highest BCUT2D eigenvalue weighted by Gasteiger charge is 2.18. The third-order valence-corrected chi connectivity index (χ3v) is 5.99. The Balaban J connectivity index is 1.46. The van der Waals surface area contributed by atoms with Gasteiger partial charge < -0.3 is 24.4 Å². The normalized spacial score (nSPS) is 10.6. The van der Waals surface area contributed by atoms with Gasteiger partial charge in [0.05, 0.1) is 42.3 Å². The van der Waals surface area contributed by atoms with E-state index in [1.165, 1.54) is 24.3 Å². The number of fused-ring (bicyclic) bond motifs is 1. The van der Waals surface area contributed by atoms with Crippen LogP contribution in [0, 0.1) is 0 Å². The average molecular weight is 541 g/mol. The van der Waals surface area contributed by atoms with E-state index in [4.69, 9.17) is 37.4 Å². The van der Waals surface area contributed by atoms with Crippen molar-refractivity contribution in [2.75, 3.05) is 31.5 Å². The second kappa shape index (κ2) is 11.3. The van der Waals surface area contributed by atoms with E-state index in [9.17, 15) is 9.59 Å². The number of methoxy groups -OCH3 is 2. The summed E-state index contributed by atoms with van der Waals surface area (Å²) in [5.41, 5.74) is 1.44. The Kier molecular flexibility index (Phi) is 7.95. The Bertz CT molecular complexity index is 1480. The molecule has 0 saturated heterocycles. The Morgan fingerprint density at radius 3 is 2.38 bits per heavy atom. The molecule has 0 spiro atoms. The second-order valence-electron chi connectivity index (χ2n) is 7.78. The van der Waals surface area contributed by atoms with Crippen LogP contribution < -0.4 is 24.4 Å². The summed E-state index contributed by atoms with van der Waals surface area (Å²) in [5, 5.41) is 3.85. The van der Waals surface area contributed by atoms with Crippen LogP contribution >= 0.6 is 23.2 Å². The number of ether oxygens (including phenoxy) is 3. The number of para-hydroxylation sites is 1. The van der Waals surface area contributed by atoms with Gasteiger partial charge in [0.25, 0.3) is 0 Å². The number of amides is 2. The second-order valence-corrected chi connectivity index (χ2v) is 8.59. The number of aromatic nitrogens is 2. The van der Waals surface area contributed by atoms with Crippen molar-refractivity contribution in [3.8, 4) is 23.1 Å². The fourth-order valence-corrected chi connectivity index (χ4v) is 4.00. The van der Waals surface area contributed by atoms with Gasteiger partial charge in [0.15, 0.2) is 11.5 Å². The molecule has 0 saturated carbocycles. The average Bonchev–Trinajstić information content (AvgIpc) is 2.89. The zero-order chi connectivity index (χ0) is 26.5. The van der Waals surface area contributed by atoms with Crippen LogP contribution in [-0.4, -0.2) is 43.0 Å². The molecule has 11 heteroatoms. The molecular weight excluding hydrogens is 519 g/mol. The van der Waals surface area contributed by atoms with Crippen LogP contribution in [0.2, 0.25) is 10.0 Å². The molecule has 0 aliphatic rings. The Morgan fingerprint density at radius 1 is 0.946 bits per heavy atom. The smallest absolute Gasteiger partial charge is 0.238 e. The van der Waals surface area contributed by atoms with Crippen molar-refractivity contribution in [2.45, 2.75) is 6.42 Å². The monoisotopic (exact) mass is 540 g/mol. The number of anilines is 2. The van der Waals surface area contributed by atoms with Crippen LogP contribution in [0.3, 0.4) is 0 Å². The lowest BCUT2D eigenvalue weighted by atomic mass is 10.2. The zero-order valence-electron chi connectivity index (χ0n) is 20.1. The van der Waals surface area contributed by atoms with Crippen LogP contribution in [0.1, 0.15) is 6.42 Å². The maximum absolute atomic E-state index is 12.5. The number of pyridine rings is 2. The standard InChI is InChI=1S/C26H22Cl2N4O5/c1-32(20-7-5-4-6-17(20)27)25(34)13-24(33)31-15-10-18(28)26(30-14-15)37-21-8-9-29-19-12-23(36-3)22(35-2)11-16(19)21/h4-12,14H,13H2,1-3H3,(H,31,33). The molecule has 0 fully saturated rings. The van der Waals surface area contributed by atoms with Crippen LogP contribution in [0.5, 0.6) is 23.1 Å². The van der Waals surface area contributed by atoms with Gasteiger partial charge in [-0.3, -0.25) is 14.6 Å². The first kappa shape index (κ1) is 26.0. The molecule has 4 rings (SSSR count). The first-order valence-corrected chi connectivity index (χ1v) is 11.7. The maximum atomic E-state index is 12.5. The molecule has 0 aliphatic carbocycles. The van der Waals surface area contributed by atoms with Crippen molar-refractivity contribution in [3.05, 3.63) is 71.0 Å². The van der Waals surface area contributed by atoms with Gasteiger partial charge in [0.1, 0.15) is 17.2 Å². The lowest BCUT2D eigenvalue weighted by Gasteiger charge is -2.18. The van der Waals surface area contributed by atoms with Crippen LogP contribution in [0.4, 0.5) is 11.4 Å². The Hall–Kier alpha value is -4.08. The van der Waals surface area contributed by atoms with Gasteiger partial charge in [-0.1, -0.05) is 35.3 Å². The summed E-state index contributed by atoms with van der Waals surface area (Å²) in [6.45, 7) is 0. The summed E-state index contributed by atoms with van der Waals surface area (Å²) in [7, 11) is 4.63. The lowest BCUT2D eigenvalue weighted by Crippen LogP contribution is -2.30. The van der Waals surface area contributed by atoms with Crippen LogP contribution in [0.15, 0.2) is 60.9 Å². The van der Waals surface area contributed by atoms with E-state index in [0.29, 0.717) is 44.5 Å². The molecule has 9 nitrogen and oxygen atoms in total. The van der Waals surface area contributed by atoms with Crippen LogP contribution in [0.25, 0.3) is 10.9 Å². The quantitative estimate of drug-likeness (QED) is 0.284. The summed E-state index contributed by atoms with van der Waals surface area (Å²) in [4.78, 5) is 34.9. The van der Waals surface area contributed by atoms with Gasteiger partial charge in [-0.25, -0.2) is 4.98 Å². The molecule has 0 unspecified atom stereocenters. The van der Waals surface area contributed by atoms with Gasteiger partial charge in [-0.15, -0.1) is 0 Å². The van der Waals surface area contributed by atoms with Gasteiger partial charge in [0, 0.05) is 24.7 Å². The number of hydrogen-bond donors (Lipinski definition) is 1. The maximum Gasteiger partial charge on any atom is 0.238 e. The largest absolute Gasteiger partial charge is 0.493 e. The molecule has 0 bridgehead atoms. The molecule has 37 heavy (non-hydrogen) atoms. The lowest BCUT2D eigenvalue weighted by molar-refractivity contribution is -0.125. The Labute approximate surface area is 222 Å². The van der Waals surface area contributed by atoms with E-state index in [-0.39, 0.29) is 10.9 Å². The molecule has 1 N–H and O–H groups in total. The van der Waals surface area contributed by atoms with Crippen molar-refractivity contribution in [1.29, 1.82) is 0 Å². The molecule has 2 amide bonds. The van der Waals surface area contributed by atoms with Gasteiger partial charge in [-0.05, 0) is 30.3 Å². The molecule has 4 aromatic rings. The number of halogens is 2. The van der Waals surface area contributed by atoms with Crippen LogP contribution in [-0.2, 0) is 9.59 Å². The van der Waals surface area contributed by atoms with Gasteiger partial charge in [-0.2, -0.15) is 0 Å². The van der Waals surface area contributed by atoms with Gasteiger partial charge >= 0.3 is 0 Å². The third-order valence-electron chi connectivity index (χ3n) is 5.40. The first-order valence-electron chi connectivity index (χ1n) is 11.0. The summed E-state index contributed by atoms with van der Waals surface area (Å²) >= 11 is 12.5. The SMILES string of the molecule is COc1cc2nccc(Oc3ncc(NC(=O)CC(=O)N(C)c4ccccc4Cl)cc3Cl)c2cc1OC. The van der Waals surface area contributed by atoms with E-state index < -0.39 is 18.2 Å². The van der Waals surface area contributed by atoms with Crippen molar-refractivity contribution < 1.29 is 23.8 Å². The highest BCUT2D eigenvalue weighted by atomic mass is 35.5. The topological polar surface area (TPSA) is 103 Å². The molecule has 0 radical (unpaired) electrons. The number of nitrogens with zero attached hydrogens (tertiary/aromatic N) is 3. The summed E-state index contributed by atoms with van der Waals surface area (Å²) in [6.07, 6.45) is 2.57. The summed E-state index contributed by atoms with van der Waals surface area (Å²) in [5.74, 6) is 0.659. The van der Waals surface area contributed by atoms with Gasteiger partial charge in [0.2, 0.25) is 17.7 Å². The van der Waals surface area contributed by atoms with E-state index in [0.717, 1.165) is 0 Å². The molecular formula is C26H22Cl2N4O5. The molecule has 0 aliphatic heterocycles.